The quantitative estimate of drug-likeness (QED) is 0.768. The van der Waals surface area contributed by atoms with Gasteiger partial charge in [-0.15, -0.1) is 0 Å². The lowest BCUT2D eigenvalue weighted by molar-refractivity contribution is -0.137. The minimum Gasteiger partial charge on any atom is -0.324 e. The zero-order valence-electron chi connectivity index (χ0n) is 13.6. The van der Waals surface area contributed by atoms with E-state index in [0.29, 0.717) is 6.04 Å². The Morgan fingerprint density at radius 3 is 2.46 bits per heavy atom. The van der Waals surface area contributed by atoms with Crippen LogP contribution >= 0.6 is 11.6 Å². The van der Waals surface area contributed by atoms with Gasteiger partial charge in [-0.3, -0.25) is 9.69 Å². The van der Waals surface area contributed by atoms with Crippen molar-refractivity contribution in [2.75, 3.05) is 18.9 Å². The average Bonchev–Trinajstić information content (AvgIpc) is 2.77. The topological polar surface area (TPSA) is 32.3 Å². The van der Waals surface area contributed by atoms with Gasteiger partial charge in [-0.05, 0) is 38.1 Å². The van der Waals surface area contributed by atoms with Crippen molar-refractivity contribution in [1.82, 2.24) is 4.90 Å². The monoisotopic (exact) mass is 362 g/mol. The van der Waals surface area contributed by atoms with Crippen LogP contribution in [0.1, 0.15) is 44.1 Å². The Hall–Kier alpha value is -1.27. The second kappa shape index (κ2) is 8.21. The summed E-state index contributed by atoms with van der Waals surface area (Å²) in [7, 11) is 1.88. The molecule has 0 atom stereocenters. The minimum atomic E-state index is -4.47. The van der Waals surface area contributed by atoms with Crippen LogP contribution in [0.3, 0.4) is 0 Å². The van der Waals surface area contributed by atoms with Gasteiger partial charge in [0.05, 0.1) is 22.8 Å². The second-order valence-electron chi connectivity index (χ2n) is 6.30. The molecule has 0 saturated heterocycles. The molecule has 1 aliphatic carbocycles. The molecule has 1 aromatic carbocycles. The Morgan fingerprint density at radius 1 is 1.25 bits per heavy atom. The first-order valence-electron chi connectivity index (χ1n) is 8.14. The Morgan fingerprint density at radius 2 is 1.88 bits per heavy atom. The van der Waals surface area contributed by atoms with E-state index in [0.717, 1.165) is 43.9 Å². The molecular formula is C17H22ClF3N2O. The molecule has 2 rings (SSSR count). The van der Waals surface area contributed by atoms with Crippen LogP contribution < -0.4 is 5.32 Å². The number of likely N-dealkylation sites (N-methyl/N-ethyl adjacent to an activating group) is 1. The molecule has 0 spiro atoms. The SMILES string of the molecule is CN(CC(=O)Nc1cc(C(F)(F)F)ccc1Cl)C1CCCCCC1. The molecule has 0 bridgehead atoms. The van der Waals surface area contributed by atoms with E-state index in [9.17, 15) is 18.0 Å². The van der Waals surface area contributed by atoms with Crippen molar-refractivity contribution >= 4 is 23.2 Å². The first kappa shape index (κ1) is 19.1. The van der Waals surface area contributed by atoms with Gasteiger partial charge in [0.1, 0.15) is 0 Å². The molecule has 0 radical (unpaired) electrons. The average molecular weight is 363 g/mol. The van der Waals surface area contributed by atoms with Gasteiger partial charge in [-0.1, -0.05) is 37.3 Å². The summed E-state index contributed by atoms with van der Waals surface area (Å²) in [6, 6.07) is 3.26. The third-order valence-electron chi connectivity index (χ3n) is 4.41. The van der Waals surface area contributed by atoms with E-state index in [-0.39, 0.29) is 23.2 Å². The van der Waals surface area contributed by atoms with Crippen LogP contribution in [0.2, 0.25) is 5.02 Å². The maximum Gasteiger partial charge on any atom is 0.416 e. The third-order valence-corrected chi connectivity index (χ3v) is 4.74. The van der Waals surface area contributed by atoms with E-state index >= 15 is 0 Å². The van der Waals surface area contributed by atoms with Crippen molar-refractivity contribution in [2.24, 2.45) is 0 Å². The number of carbonyl (C=O) groups is 1. The van der Waals surface area contributed by atoms with Crippen molar-refractivity contribution < 1.29 is 18.0 Å². The number of alkyl halides is 3. The lowest BCUT2D eigenvalue weighted by atomic mass is 10.1. The summed E-state index contributed by atoms with van der Waals surface area (Å²) in [4.78, 5) is 14.1. The highest BCUT2D eigenvalue weighted by Gasteiger charge is 2.31. The first-order chi connectivity index (χ1) is 11.3. The van der Waals surface area contributed by atoms with E-state index in [4.69, 9.17) is 11.6 Å². The first-order valence-corrected chi connectivity index (χ1v) is 8.52. The van der Waals surface area contributed by atoms with Crippen LogP contribution in [-0.2, 0) is 11.0 Å². The maximum atomic E-state index is 12.8. The van der Waals surface area contributed by atoms with Crippen molar-refractivity contribution in [1.29, 1.82) is 0 Å². The van der Waals surface area contributed by atoms with Gasteiger partial charge in [-0.25, -0.2) is 0 Å². The van der Waals surface area contributed by atoms with Crippen molar-refractivity contribution in [3.63, 3.8) is 0 Å². The van der Waals surface area contributed by atoms with Crippen LogP contribution in [0.25, 0.3) is 0 Å². The smallest absolute Gasteiger partial charge is 0.324 e. The number of rotatable bonds is 4. The number of nitrogens with zero attached hydrogens (tertiary/aromatic N) is 1. The fourth-order valence-electron chi connectivity index (χ4n) is 3.04. The number of benzene rings is 1. The number of carbonyl (C=O) groups excluding carboxylic acids is 1. The Kier molecular flexibility index (Phi) is 6.52. The number of amides is 1. The predicted octanol–water partition coefficient (Wildman–Crippen LogP) is 4.95. The summed E-state index contributed by atoms with van der Waals surface area (Å²) in [5, 5.41) is 2.59. The molecule has 0 aromatic heterocycles. The van der Waals surface area contributed by atoms with Gasteiger partial charge in [0.25, 0.3) is 0 Å². The summed E-state index contributed by atoms with van der Waals surface area (Å²) in [5.41, 5.74) is -0.843. The van der Waals surface area contributed by atoms with E-state index in [1.54, 1.807) is 0 Å². The number of halogens is 4. The zero-order chi connectivity index (χ0) is 17.7. The van der Waals surface area contributed by atoms with E-state index < -0.39 is 11.7 Å². The standard InChI is InChI=1S/C17H22ClF3N2O/c1-23(13-6-4-2-3-5-7-13)11-16(24)22-15-10-12(17(19,20)21)8-9-14(15)18/h8-10,13H,2-7,11H2,1H3,(H,22,24). The molecule has 1 fully saturated rings. The van der Waals surface area contributed by atoms with Crippen molar-refractivity contribution in [2.45, 2.75) is 50.7 Å². The molecule has 0 aliphatic heterocycles. The Labute approximate surface area is 145 Å². The molecule has 1 aliphatic rings. The lowest BCUT2D eigenvalue weighted by Crippen LogP contribution is -2.37. The fourth-order valence-corrected chi connectivity index (χ4v) is 3.21. The van der Waals surface area contributed by atoms with E-state index in [1.165, 1.54) is 12.8 Å². The molecule has 1 saturated carbocycles. The lowest BCUT2D eigenvalue weighted by Gasteiger charge is -2.26. The minimum absolute atomic E-state index is 0.00856. The van der Waals surface area contributed by atoms with Crippen LogP contribution in [0.5, 0.6) is 0 Å². The van der Waals surface area contributed by atoms with Gasteiger partial charge in [-0.2, -0.15) is 13.2 Å². The van der Waals surface area contributed by atoms with Crippen LogP contribution in [0.4, 0.5) is 18.9 Å². The van der Waals surface area contributed by atoms with E-state index in [1.807, 2.05) is 11.9 Å². The second-order valence-corrected chi connectivity index (χ2v) is 6.71. The van der Waals surface area contributed by atoms with Gasteiger partial charge in [0, 0.05) is 6.04 Å². The third kappa shape index (κ3) is 5.38. The fraction of sp³-hybridized carbons (Fsp3) is 0.588. The van der Waals surface area contributed by atoms with Gasteiger partial charge in [0.2, 0.25) is 5.91 Å². The number of anilines is 1. The highest BCUT2D eigenvalue weighted by atomic mass is 35.5. The maximum absolute atomic E-state index is 12.8. The summed E-state index contributed by atoms with van der Waals surface area (Å²) < 4.78 is 38.3. The van der Waals surface area contributed by atoms with Crippen molar-refractivity contribution in [3.05, 3.63) is 28.8 Å². The number of nitrogens with one attached hydrogen (secondary N) is 1. The molecule has 1 N–H and O–H groups in total. The summed E-state index contributed by atoms with van der Waals surface area (Å²) in [6.07, 6.45) is 2.36. The largest absolute Gasteiger partial charge is 0.416 e. The molecule has 3 nitrogen and oxygen atoms in total. The van der Waals surface area contributed by atoms with Gasteiger partial charge >= 0.3 is 6.18 Å². The van der Waals surface area contributed by atoms with Crippen LogP contribution in [0, 0.1) is 0 Å². The highest BCUT2D eigenvalue weighted by Crippen LogP contribution is 2.33. The Bertz CT molecular complexity index is 569. The summed E-state index contributed by atoms with van der Waals surface area (Å²) in [6.45, 7) is 0.136. The predicted molar refractivity (Wildman–Crippen MR) is 89.2 cm³/mol. The van der Waals surface area contributed by atoms with Gasteiger partial charge < -0.3 is 5.32 Å². The number of hydrogen-bond donors (Lipinski definition) is 1. The molecule has 1 aromatic rings. The normalized spacial score (nSPS) is 16.9. The molecule has 0 unspecified atom stereocenters. The number of hydrogen-bond acceptors (Lipinski definition) is 2. The molecule has 0 heterocycles. The summed E-state index contributed by atoms with van der Waals surface area (Å²) in [5.74, 6) is -0.358. The van der Waals surface area contributed by atoms with E-state index in [2.05, 4.69) is 5.32 Å². The molecule has 1 amide bonds. The zero-order valence-corrected chi connectivity index (χ0v) is 14.4. The Balaban J connectivity index is 1.98. The van der Waals surface area contributed by atoms with Crippen LogP contribution in [0.15, 0.2) is 18.2 Å². The molecule has 24 heavy (non-hydrogen) atoms. The van der Waals surface area contributed by atoms with Crippen molar-refractivity contribution in [3.8, 4) is 0 Å². The molecule has 134 valence electrons. The van der Waals surface area contributed by atoms with Crippen LogP contribution in [-0.4, -0.2) is 30.4 Å². The molecule has 7 heteroatoms. The molecular weight excluding hydrogens is 341 g/mol. The summed E-state index contributed by atoms with van der Waals surface area (Å²) >= 11 is 5.90. The highest BCUT2D eigenvalue weighted by molar-refractivity contribution is 6.33. The van der Waals surface area contributed by atoms with Gasteiger partial charge in [0.15, 0.2) is 0 Å².